The Morgan fingerprint density at radius 2 is 1.68 bits per heavy atom. The fraction of sp³-hybridized carbons (Fsp3) is 0.647. The van der Waals surface area contributed by atoms with Gasteiger partial charge in [0.25, 0.3) is 0 Å². The number of halogens is 1. The normalized spacial score (nSPS) is 22.2. The maximum atomic E-state index is 3.76. The van der Waals surface area contributed by atoms with Crippen molar-refractivity contribution in [2.45, 2.75) is 59.9 Å². The molecule has 2 heteroatoms. The number of rotatable bonds is 2. The van der Waals surface area contributed by atoms with Gasteiger partial charge in [0.15, 0.2) is 0 Å². The monoisotopic (exact) mass is 371 g/mol. The van der Waals surface area contributed by atoms with E-state index in [4.69, 9.17) is 0 Å². The van der Waals surface area contributed by atoms with E-state index in [9.17, 15) is 0 Å². The zero-order valence-electron chi connectivity index (χ0n) is 12.8. The molecular weight excluding hydrogens is 345 g/mol. The van der Waals surface area contributed by atoms with E-state index in [1.54, 1.807) is 0 Å². The van der Waals surface area contributed by atoms with Crippen LogP contribution in [0.4, 0.5) is 5.69 Å². The van der Waals surface area contributed by atoms with E-state index >= 15 is 0 Å². The van der Waals surface area contributed by atoms with E-state index in [2.05, 4.69) is 80.7 Å². The van der Waals surface area contributed by atoms with Gasteiger partial charge in [0.05, 0.1) is 0 Å². The molecule has 1 nitrogen and oxygen atoms in total. The zero-order valence-corrected chi connectivity index (χ0v) is 15.0. The molecule has 0 saturated heterocycles. The molecule has 0 amide bonds. The Kier molecular flexibility index (Phi) is 4.20. The van der Waals surface area contributed by atoms with Gasteiger partial charge in [-0.1, -0.05) is 33.8 Å². The Labute approximate surface area is 131 Å². The van der Waals surface area contributed by atoms with Crippen molar-refractivity contribution in [2.75, 3.05) is 5.32 Å². The maximum Gasteiger partial charge on any atom is 0.0353 e. The molecule has 0 aliphatic heterocycles. The fourth-order valence-electron chi connectivity index (χ4n) is 3.87. The largest absolute Gasteiger partial charge is 0.382 e. The van der Waals surface area contributed by atoms with Crippen LogP contribution in [-0.2, 0) is 0 Å². The van der Waals surface area contributed by atoms with E-state index in [0.29, 0.717) is 16.9 Å². The van der Waals surface area contributed by atoms with Crippen molar-refractivity contribution in [2.24, 2.45) is 10.8 Å². The molecular formula is C17H26IN. The molecule has 0 aromatic heterocycles. The standard InChI is InChI=1S/C17H26IN/c1-12-6-7-13(8-15(12)18)19-14-9-16(2,3)11-17(4,5)10-14/h6-8,14,19H,9-11H2,1-5H3. The molecule has 0 spiro atoms. The van der Waals surface area contributed by atoms with Crippen LogP contribution in [0.5, 0.6) is 0 Å². The van der Waals surface area contributed by atoms with Gasteiger partial charge in [0, 0.05) is 15.3 Å². The highest BCUT2D eigenvalue weighted by molar-refractivity contribution is 14.1. The summed E-state index contributed by atoms with van der Waals surface area (Å²) < 4.78 is 1.34. The van der Waals surface area contributed by atoms with Gasteiger partial charge in [0.1, 0.15) is 0 Å². The first kappa shape index (κ1) is 15.1. The molecule has 1 aromatic carbocycles. The van der Waals surface area contributed by atoms with Crippen LogP contribution in [0.2, 0.25) is 0 Å². The van der Waals surface area contributed by atoms with Crippen molar-refractivity contribution >= 4 is 28.3 Å². The third-order valence-corrected chi connectivity index (χ3v) is 5.26. The lowest BCUT2D eigenvalue weighted by atomic mass is 9.63. The lowest BCUT2D eigenvalue weighted by Crippen LogP contribution is -2.40. The van der Waals surface area contributed by atoms with Crippen molar-refractivity contribution in [3.05, 3.63) is 27.3 Å². The minimum Gasteiger partial charge on any atom is -0.382 e. The summed E-state index contributed by atoms with van der Waals surface area (Å²) in [5.41, 5.74) is 3.51. The summed E-state index contributed by atoms with van der Waals surface area (Å²) in [5, 5.41) is 3.76. The first-order valence-electron chi connectivity index (χ1n) is 7.20. The van der Waals surface area contributed by atoms with E-state index in [1.165, 1.54) is 34.1 Å². The van der Waals surface area contributed by atoms with Gasteiger partial charge >= 0.3 is 0 Å². The van der Waals surface area contributed by atoms with Crippen molar-refractivity contribution in [3.8, 4) is 0 Å². The fourth-order valence-corrected chi connectivity index (χ4v) is 4.38. The van der Waals surface area contributed by atoms with Gasteiger partial charge in [0.2, 0.25) is 0 Å². The number of benzene rings is 1. The van der Waals surface area contributed by atoms with Crippen LogP contribution in [0.3, 0.4) is 0 Å². The van der Waals surface area contributed by atoms with Crippen molar-refractivity contribution in [1.29, 1.82) is 0 Å². The Morgan fingerprint density at radius 1 is 1.11 bits per heavy atom. The van der Waals surface area contributed by atoms with Crippen LogP contribution in [0.1, 0.15) is 52.5 Å². The Morgan fingerprint density at radius 3 is 2.21 bits per heavy atom. The molecule has 1 aliphatic rings. The first-order valence-corrected chi connectivity index (χ1v) is 8.28. The Balaban J connectivity index is 2.11. The third kappa shape index (κ3) is 4.11. The molecule has 0 unspecified atom stereocenters. The van der Waals surface area contributed by atoms with Gasteiger partial charge in [-0.15, -0.1) is 0 Å². The van der Waals surface area contributed by atoms with Gasteiger partial charge in [-0.3, -0.25) is 0 Å². The van der Waals surface area contributed by atoms with Crippen molar-refractivity contribution in [3.63, 3.8) is 0 Å². The van der Waals surface area contributed by atoms with Gasteiger partial charge in [-0.05, 0) is 77.3 Å². The number of aryl methyl sites for hydroxylation is 1. The summed E-state index contributed by atoms with van der Waals surface area (Å²) in [7, 11) is 0. The predicted octanol–water partition coefficient (Wildman–Crippen LogP) is 5.62. The smallest absolute Gasteiger partial charge is 0.0353 e. The lowest BCUT2D eigenvalue weighted by Gasteiger charge is -2.45. The highest BCUT2D eigenvalue weighted by atomic mass is 127. The summed E-state index contributed by atoms with van der Waals surface area (Å²) >= 11 is 2.42. The van der Waals surface area contributed by atoms with Crippen LogP contribution in [-0.4, -0.2) is 6.04 Å². The number of hydrogen-bond donors (Lipinski definition) is 1. The highest BCUT2D eigenvalue weighted by Crippen LogP contribution is 2.46. The van der Waals surface area contributed by atoms with Gasteiger partial charge in [-0.2, -0.15) is 0 Å². The number of anilines is 1. The summed E-state index contributed by atoms with van der Waals surface area (Å²) in [6.07, 6.45) is 3.85. The SMILES string of the molecule is Cc1ccc(NC2CC(C)(C)CC(C)(C)C2)cc1I. The third-order valence-electron chi connectivity index (χ3n) is 4.10. The molecule has 0 atom stereocenters. The predicted molar refractivity (Wildman–Crippen MR) is 92.7 cm³/mol. The summed E-state index contributed by atoms with van der Waals surface area (Å²) in [6, 6.07) is 7.29. The second-order valence-electron chi connectivity index (χ2n) is 7.72. The van der Waals surface area contributed by atoms with E-state index in [0.717, 1.165) is 0 Å². The molecule has 0 bridgehead atoms. The highest BCUT2D eigenvalue weighted by Gasteiger charge is 2.38. The topological polar surface area (TPSA) is 12.0 Å². The Hall–Kier alpha value is -0.250. The van der Waals surface area contributed by atoms with Crippen molar-refractivity contribution < 1.29 is 0 Å². The molecule has 2 rings (SSSR count). The average molecular weight is 371 g/mol. The van der Waals surface area contributed by atoms with Gasteiger partial charge < -0.3 is 5.32 Å². The van der Waals surface area contributed by atoms with E-state index in [-0.39, 0.29) is 0 Å². The molecule has 1 fully saturated rings. The van der Waals surface area contributed by atoms with Crippen LogP contribution in [0, 0.1) is 21.3 Å². The zero-order chi connectivity index (χ0) is 14.3. The van der Waals surface area contributed by atoms with Crippen LogP contribution < -0.4 is 5.32 Å². The maximum absolute atomic E-state index is 3.76. The first-order chi connectivity index (χ1) is 8.67. The molecule has 106 valence electrons. The van der Waals surface area contributed by atoms with Crippen LogP contribution in [0.15, 0.2) is 18.2 Å². The van der Waals surface area contributed by atoms with E-state index < -0.39 is 0 Å². The minimum atomic E-state index is 0.442. The Bertz CT molecular complexity index is 446. The second kappa shape index (κ2) is 5.27. The van der Waals surface area contributed by atoms with Gasteiger partial charge in [-0.25, -0.2) is 0 Å². The summed E-state index contributed by atoms with van der Waals surface area (Å²) in [6.45, 7) is 11.8. The number of nitrogens with one attached hydrogen (secondary N) is 1. The molecule has 0 radical (unpaired) electrons. The second-order valence-corrected chi connectivity index (χ2v) is 8.88. The quantitative estimate of drug-likeness (QED) is 0.666. The van der Waals surface area contributed by atoms with Crippen molar-refractivity contribution in [1.82, 2.24) is 0 Å². The van der Waals surface area contributed by atoms with E-state index in [1.807, 2.05) is 0 Å². The molecule has 1 aromatic rings. The average Bonchev–Trinajstić information content (AvgIpc) is 2.18. The summed E-state index contributed by atoms with van der Waals surface area (Å²) in [4.78, 5) is 0. The van der Waals surface area contributed by atoms with Crippen LogP contribution in [0.25, 0.3) is 0 Å². The molecule has 1 saturated carbocycles. The minimum absolute atomic E-state index is 0.442. The molecule has 1 N–H and O–H groups in total. The molecule has 1 aliphatic carbocycles. The summed E-state index contributed by atoms with van der Waals surface area (Å²) in [5.74, 6) is 0. The molecule has 0 heterocycles. The van der Waals surface area contributed by atoms with Crippen LogP contribution >= 0.6 is 22.6 Å². The number of hydrogen-bond acceptors (Lipinski definition) is 1. The molecule has 19 heavy (non-hydrogen) atoms. The lowest BCUT2D eigenvalue weighted by molar-refractivity contribution is 0.105.